The molecule has 2 aromatic rings. The third-order valence-corrected chi connectivity index (χ3v) is 12.8. The van der Waals surface area contributed by atoms with E-state index in [1.54, 1.807) is 11.6 Å². The normalized spacial score (nSPS) is 33.4. The lowest BCUT2D eigenvalue weighted by molar-refractivity contribution is -0.380. The summed E-state index contributed by atoms with van der Waals surface area (Å²) in [6.07, 6.45) is 13.8. The van der Waals surface area contributed by atoms with Gasteiger partial charge in [0.05, 0.1) is 16.8 Å². The highest BCUT2D eigenvalue weighted by molar-refractivity contribution is 7.18. The largest absolute Gasteiger partial charge is 0.345 e. The van der Waals surface area contributed by atoms with E-state index >= 15 is 0 Å². The number of nitro groups is 1. The number of anilines is 1. The van der Waals surface area contributed by atoms with E-state index in [0.29, 0.717) is 36.0 Å². The van der Waals surface area contributed by atoms with Crippen molar-refractivity contribution in [3.05, 3.63) is 45.4 Å². The summed E-state index contributed by atoms with van der Waals surface area (Å²) < 4.78 is 1.63. The molecule has 2 fully saturated rings. The minimum absolute atomic E-state index is 0.0218. The van der Waals surface area contributed by atoms with Crippen LogP contribution < -0.4 is 5.32 Å². The molecule has 4 aliphatic rings. The Balaban J connectivity index is 1.16. The van der Waals surface area contributed by atoms with Gasteiger partial charge in [-0.1, -0.05) is 46.3 Å². The van der Waals surface area contributed by atoms with Crippen molar-refractivity contribution < 1.29 is 14.5 Å². The zero-order valence-corrected chi connectivity index (χ0v) is 26.4. The zero-order chi connectivity index (χ0) is 30.2. The summed E-state index contributed by atoms with van der Waals surface area (Å²) in [7, 11) is 0. The molecule has 4 aliphatic carbocycles. The highest BCUT2D eigenvalue weighted by Crippen LogP contribution is 2.68. The van der Waals surface area contributed by atoms with Gasteiger partial charge < -0.3 is 5.32 Å². The summed E-state index contributed by atoms with van der Waals surface area (Å²) in [5, 5.41) is 18.4. The molecule has 7 atom stereocenters. The van der Waals surface area contributed by atoms with Gasteiger partial charge in [-0.05, 0) is 102 Å². The molecule has 2 aromatic heterocycles. The fourth-order valence-corrected chi connectivity index (χ4v) is 11.0. The highest BCUT2D eigenvalue weighted by Gasteiger charge is 2.61. The smallest absolute Gasteiger partial charge is 0.302 e. The summed E-state index contributed by atoms with van der Waals surface area (Å²) in [6, 6.07) is 0. The van der Waals surface area contributed by atoms with Crippen molar-refractivity contribution in [2.45, 2.75) is 98.3 Å². The maximum atomic E-state index is 12.7. The lowest BCUT2D eigenvalue weighted by Crippen LogP contribution is -2.54. The Kier molecular flexibility index (Phi) is 7.02. The molecule has 9 nitrogen and oxygen atoms in total. The minimum Gasteiger partial charge on any atom is -0.302 e. The molecule has 226 valence electrons. The Morgan fingerprint density at radius 1 is 1.19 bits per heavy atom. The van der Waals surface area contributed by atoms with Gasteiger partial charge in [0.25, 0.3) is 0 Å². The monoisotopic (exact) mass is 593 g/mol. The van der Waals surface area contributed by atoms with Crippen molar-refractivity contribution in [2.75, 3.05) is 5.32 Å². The topological polar surface area (TPSA) is 120 Å². The second-order valence-corrected chi connectivity index (χ2v) is 15.5. The molecule has 0 saturated heterocycles. The van der Waals surface area contributed by atoms with E-state index in [-0.39, 0.29) is 38.2 Å². The molecular weight excluding hydrogens is 550 g/mol. The predicted molar refractivity (Wildman–Crippen MR) is 162 cm³/mol. The van der Waals surface area contributed by atoms with Crippen LogP contribution in [0.3, 0.4) is 0 Å². The van der Waals surface area contributed by atoms with Gasteiger partial charge in [0.2, 0.25) is 11.8 Å². The van der Waals surface area contributed by atoms with Gasteiger partial charge in [-0.2, -0.15) is 5.10 Å². The minimum atomic E-state index is -0.487. The number of allylic oxidation sites excluding steroid dienone is 2. The van der Waals surface area contributed by atoms with Crippen molar-refractivity contribution in [3.8, 4) is 0 Å². The number of hydrogen-bond acceptors (Lipinski definition) is 7. The zero-order valence-electron chi connectivity index (χ0n) is 25.6. The van der Waals surface area contributed by atoms with Crippen LogP contribution in [-0.4, -0.2) is 31.5 Å². The lowest BCUT2D eigenvalue weighted by Gasteiger charge is -2.60. The van der Waals surface area contributed by atoms with E-state index in [9.17, 15) is 19.7 Å². The number of nitrogens with zero attached hydrogens (tertiary/aromatic N) is 4. The first-order valence-corrected chi connectivity index (χ1v) is 16.3. The number of carbonyl (C=O) groups excluding carboxylic acids is 2. The van der Waals surface area contributed by atoms with Crippen molar-refractivity contribution in [2.24, 2.45) is 40.4 Å². The maximum absolute atomic E-state index is 12.7. The van der Waals surface area contributed by atoms with Crippen LogP contribution >= 0.6 is 11.3 Å². The average molecular weight is 594 g/mol. The third-order valence-electron chi connectivity index (χ3n) is 11.9. The molecule has 2 heterocycles. The summed E-state index contributed by atoms with van der Waals surface area (Å²) in [5.41, 5.74) is 3.90. The Morgan fingerprint density at radius 2 is 1.95 bits per heavy atom. The van der Waals surface area contributed by atoms with E-state index in [4.69, 9.17) is 0 Å². The molecular formula is C32H43N5O4S. The quantitative estimate of drug-likeness (QED) is 0.215. The average Bonchev–Trinajstić information content (AvgIpc) is 3.64. The summed E-state index contributed by atoms with van der Waals surface area (Å²) in [4.78, 5) is 39.5. The van der Waals surface area contributed by atoms with Gasteiger partial charge in [-0.3, -0.25) is 19.7 Å². The molecule has 1 amide bonds. The van der Waals surface area contributed by atoms with Gasteiger partial charge in [0.1, 0.15) is 6.20 Å². The lowest BCUT2D eigenvalue weighted by atomic mass is 9.44. The van der Waals surface area contributed by atoms with Crippen LogP contribution in [-0.2, 0) is 16.6 Å². The first-order valence-electron chi connectivity index (χ1n) is 15.5. The van der Waals surface area contributed by atoms with Crippen molar-refractivity contribution in [1.29, 1.82) is 0 Å². The fourth-order valence-electron chi connectivity index (χ4n) is 10.4. The van der Waals surface area contributed by atoms with Crippen LogP contribution in [0.1, 0.15) is 103 Å². The number of nitrogens with one attached hydrogen (secondary N) is 1. The van der Waals surface area contributed by atoms with E-state index < -0.39 is 4.92 Å². The second-order valence-electron chi connectivity index (χ2n) is 14.5. The number of amides is 1. The molecule has 6 rings (SSSR count). The van der Waals surface area contributed by atoms with E-state index in [1.807, 2.05) is 6.20 Å². The van der Waals surface area contributed by atoms with Gasteiger partial charge in [-0.15, -0.1) is 0 Å². The van der Waals surface area contributed by atoms with Crippen LogP contribution in [0.4, 0.5) is 10.1 Å². The standard InChI is InChI=1S/C32H43N5O4S/c1-18(7-12-26(39)35-29-33-17-27(42-29)37(40)41)22-9-10-23-21-8-11-25-30(3,4)28-20(16-34-36(28)19(2)38)15-32(25,6)24(21)13-14-31(22,23)5/h11,16-18,21-24H,7-10,12-15H2,1-6H3,(H,33,35,39)/t18-,21+,22-,23+,24+,31-,32-/m1/s1. The molecule has 0 aliphatic heterocycles. The number of hydrogen-bond donors (Lipinski definition) is 1. The van der Waals surface area contributed by atoms with Crippen LogP contribution in [0.5, 0.6) is 0 Å². The molecule has 0 radical (unpaired) electrons. The second kappa shape index (κ2) is 10.1. The molecule has 0 bridgehead atoms. The number of rotatable bonds is 6. The van der Waals surface area contributed by atoms with Crippen LogP contribution in [0.25, 0.3) is 0 Å². The Bertz CT molecular complexity index is 1470. The SMILES string of the molecule is CC(=O)n1ncc2c1C(C)(C)C1=CC[C@H]3[C@@H]4CC[C@H]([C@H](C)CCC(=O)Nc5ncc([N+](=O)[O-])s5)[C@@]4(C)CC[C@@H]3[C@@]1(C)C2. The van der Waals surface area contributed by atoms with Gasteiger partial charge in [0, 0.05) is 18.8 Å². The van der Waals surface area contributed by atoms with E-state index in [0.717, 1.165) is 36.3 Å². The third kappa shape index (κ3) is 4.38. The van der Waals surface area contributed by atoms with Gasteiger partial charge in [-0.25, -0.2) is 9.67 Å². The van der Waals surface area contributed by atoms with Crippen molar-refractivity contribution >= 4 is 33.3 Å². The number of aromatic nitrogens is 3. The number of fused-ring (bicyclic) bond motifs is 6. The first kappa shape index (κ1) is 29.2. The molecule has 1 N–H and O–H groups in total. The van der Waals surface area contributed by atoms with Crippen LogP contribution in [0.15, 0.2) is 24.0 Å². The molecule has 10 heteroatoms. The Labute approximate surface area is 251 Å². The van der Waals surface area contributed by atoms with Crippen LogP contribution in [0.2, 0.25) is 0 Å². The van der Waals surface area contributed by atoms with Gasteiger partial charge in [0.15, 0.2) is 5.13 Å². The van der Waals surface area contributed by atoms with Crippen molar-refractivity contribution in [1.82, 2.24) is 14.8 Å². The maximum Gasteiger partial charge on any atom is 0.345 e. The van der Waals surface area contributed by atoms with Crippen LogP contribution in [0, 0.1) is 50.5 Å². The highest BCUT2D eigenvalue weighted by atomic mass is 32.1. The molecule has 0 aromatic carbocycles. The van der Waals surface area contributed by atoms with E-state index in [2.05, 4.69) is 56.1 Å². The predicted octanol–water partition coefficient (Wildman–Crippen LogP) is 7.19. The number of carbonyl (C=O) groups is 2. The Hall–Kier alpha value is -2.88. The summed E-state index contributed by atoms with van der Waals surface area (Å²) >= 11 is 0.893. The van der Waals surface area contributed by atoms with Gasteiger partial charge >= 0.3 is 5.00 Å². The molecule has 0 unspecified atom stereocenters. The molecule has 0 spiro atoms. The summed E-state index contributed by atoms with van der Waals surface area (Å²) in [5.74, 6) is 2.80. The number of thiazole rings is 1. The fraction of sp³-hybridized carbons (Fsp3) is 0.688. The molecule has 2 saturated carbocycles. The van der Waals surface area contributed by atoms with E-state index in [1.165, 1.54) is 43.0 Å². The Morgan fingerprint density at radius 3 is 2.64 bits per heavy atom. The first-order chi connectivity index (χ1) is 19.8. The molecule has 42 heavy (non-hydrogen) atoms. The van der Waals surface area contributed by atoms with Crippen molar-refractivity contribution in [3.63, 3.8) is 0 Å². The summed E-state index contributed by atoms with van der Waals surface area (Å²) in [6.45, 7) is 13.5.